The topological polar surface area (TPSA) is 42.1 Å². The largest absolute Gasteiger partial charge is 0.374 e. The molecule has 0 spiro atoms. The molecule has 2 rings (SSSR count). The highest BCUT2D eigenvalue weighted by molar-refractivity contribution is 5.93. The molecule has 2 N–H and O–H groups in total. The normalized spacial score (nSPS) is 10.8. The standard InChI is InChI=1S/C15H21N3/c1-3-4-9-18(2)15-12(10-16)11-17-14-8-6-5-7-13(14)15/h5-8,11H,3-4,9-10,16H2,1-2H3. The maximum Gasteiger partial charge on any atom is 0.0723 e. The lowest BCUT2D eigenvalue weighted by molar-refractivity contribution is 0.764. The van der Waals surface area contributed by atoms with E-state index < -0.39 is 0 Å². The highest BCUT2D eigenvalue weighted by Gasteiger charge is 2.11. The third kappa shape index (κ3) is 2.46. The first-order valence-corrected chi connectivity index (χ1v) is 6.55. The van der Waals surface area contributed by atoms with Gasteiger partial charge in [0.2, 0.25) is 0 Å². The van der Waals surface area contributed by atoms with E-state index in [0.717, 1.165) is 17.6 Å². The van der Waals surface area contributed by atoms with Crippen molar-refractivity contribution < 1.29 is 0 Å². The minimum Gasteiger partial charge on any atom is -0.374 e. The predicted octanol–water partition coefficient (Wildman–Crippen LogP) is 2.93. The predicted molar refractivity (Wildman–Crippen MR) is 77.8 cm³/mol. The molecule has 0 fully saturated rings. The van der Waals surface area contributed by atoms with Gasteiger partial charge in [-0.25, -0.2) is 0 Å². The van der Waals surface area contributed by atoms with Crippen LogP contribution in [0.25, 0.3) is 10.9 Å². The molecule has 0 unspecified atom stereocenters. The van der Waals surface area contributed by atoms with Gasteiger partial charge in [-0.05, 0) is 12.5 Å². The summed E-state index contributed by atoms with van der Waals surface area (Å²) in [6.07, 6.45) is 4.29. The number of hydrogen-bond donors (Lipinski definition) is 1. The first-order valence-electron chi connectivity index (χ1n) is 6.55. The van der Waals surface area contributed by atoms with Crippen LogP contribution in [0.3, 0.4) is 0 Å². The van der Waals surface area contributed by atoms with Crippen LogP contribution in [0, 0.1) is 0 Å². The second-order valence-electron chi connectivity index (χ2n) is 4.63. The lowest BCUT2D eigenvalue weighted by Gasteiger charge is -2.23. The summed E-state index contributed by atoms with van der Waals surface area (Å²) in [5, 5.41) is 1.19. The van der Waals surface area contributed by atoms with Gasteiger partial charge in [0.25, 0.3) is 0 Å². The lowest BCUT2D eigenvalue weighted by Crippen LogP contribution is -2.21. The van der Waals surface area contributed by atoms with Crippen molar-refractivity contribution in [3.05, 3.63) is 36.0 Å². The number of nitrogens with zero attached hydrogens (tertiary/aromatic N) is 2. The van der Waals surface area contributed by atoms with Crippen LogP contribution in [0.1, 0.15) is 25.3 Å². The number of benzene rings is 1. The third-order valence-corrected chi connectivity index (χ3v) is 3.27. The van der Waals surface area contributed by atoms with Gasteiger partial charge in [0, 0.05) is 37.3 Å². The van der Waals surface area contributed by atoms with E-state index in [0.29, 0.717) is 6.54 Å². The highest BCUT2D eigenvalue weighted by atomic mass is 15.1. The molecule has 1 aromatic carbocycles. The summed E-state index contributed by atoms with van der Waals surface area (Å²) in [7, 11) is 2.14. The van der Waals surface area contributed by atoms with E-state index in [9.17, 15) is 0 Å². The van der Waals surface area contributed by atoms with Crippen LogP contribution in [0.15, 0.2) is 30.5 Å². The van der Waals surface area contributed by atoms with Crippen molar-refractivity contribution in [3.63, 3.8) is 0 Å². The summed E-state index contributed by atoms with van der Waals surface area (Å²) in [6, 6.07) is 8.25. The van der Waals surface area contributed by atoms with E-state index in [2.05, 4.69) is 36.0 Å². The minimum absolute atomic E-state index is 0.531. The number of rotatable bonds is 5. The number of nitrogens with two attached hydrogens (primary N) is 1. The first-order chi connectivity index (χ1) is 8.77. The molecule has 96 valence electrons. The molecule has 0 aliphatic rings. The number of hydrogen-bond acceptors (Lipinski definition) is 3. The number of anilines is 1. The van der Waals surface area contributed by atoms with Crippen molar-refractivity contribution in [3.8, 4) is 0 Å². The van der Waals surface area contributed by atoms with E-state index >= 15 is 0 Å². The molecule has 0 saturated heterocycles. The van der Waals surface area contributed by atoms with Crippen molar-refractivity contribution in [1.82, 2.24) is 4.98 Å². The van der Waals surface area contributed by atoms with E-state index in [1.165, 1.54) is 23.9 Å². The SMILES string of the molecule is CCCCN(C)c1c(CN)cnc2ccccc12. The fraction of sp³-hybridized carbons (Fsp3) is 0.400. The van der Waals surface area contributed by atoms with Crippen LogP contribution >= 0.6 is 0 Å². The Hall–Kier alpha value is -1.61. The van der Waals surface area contributed by atoms with Crippen molar-refractivity contribution in [2.24, 2.45) is 5.73 Å². The summed E-state index contributed by atoms with van der Waals surface area (Å²) in [5.74, 6) is 0. The Morgan fingerprint density at radius 3 is 2.78 bits per heavy atom. The average Bonchev–Trinajstić information content (AvgIpc) is 2.43. The monoisotopic (exact) mass is 243 g/mol. The zero-order chi connectivity index (χ0) is 13.0. The molecule has 0 saturated carbocycles. The van der Waals surface area contributed by atoms with Crippen LogP contribution in [-0.2, 0) is 6.54 Å². The number of fused-ring (bicyclic) bond motifs is 1. The van der Waals surface area contributed by atoms with E-state index in [1.807, 2.05) is 18.3 Å². The van der Waals surface area contributed by atoms with Crippen LogP contribution < -0.4 is 10.6 Å². The molecular weight excluding hydrogens is 222 g/mol. The molecule has 0 amide bonds. The Bertz CT molecular complexity index is 522. The summed E-state index contributed by atoms with van der Waals surface area (Å²) >= 11 is 0. The van der Waals surface area contributed by atoms with Gasteiger partial charge in [-0.3, -0.25) is 4.98 Å². The Morgan fingerprint density at radius 1 is 1.28 bits per heavy atom. The Morgan fingerprint density at radius 2 is 2.06 bits per heavy atom. The molecule has 0 aliphatic heterocycles. The molecule has 0 aliphatic carbocycles. The van der Waals surface area contributed by atoms with Crippen LogP contribution in [0.4, 0.5) is 5.69 Å². The Kier molecular flexibility index (Phi) is 4.15. The smallest absolute Gasteiger partial charge is 0.0723 e. The molecule has 0 atom stereocenters. The molecule has 2 aromatic rings. The second kappa shape index (κ2) is 5.83. The Balaban J connectivity index is 2.50. The van der Waals surface area contributed by atoms with Crippen LogP contribution in [-0.4, -0.2) is 18.6 Å². The Labute approximate surface area is 109 Å². The minimum atomic E-state index is 0.531. The fourth-order valence-electron chi connectivity index (χ4n) is 2.28. The lowest BCUT2D eigenvalue weighted by atomic mass is 10.1. The van der Waals surface area contributed by atoms with Gasteiger partial charge in [0.05, 0.1) is 11.2 Å². The van der Waals surface area contributed by atoms with Crippen molar-refractivity contribution >= 4 is 16.6 Å². The van der Waals surface area contributed by atoms with E-state index in [-0.39, 0.29) is 0 Å². The van der Waals surface area contributed by atoms with Crippen molar-refractivity contribution in [2.75, 3.05) is 18.5 Å². The zero-order valence-electron chi connectivity index (χ0n) is 11.2. The summed E-state index contributed by atoms with van der Waals surface area (Å²) in [6.45, 7) is 3.80. The van der Waals surface area contributed by atoms with Crippen molar-refractivity contribution in [2.45, 2.75) is 26.3 Å². The number of unbranched alkanes of at least 4 members (excludes halogenated alkanes) is 1. The van der Waals surface area contributed by atoms with E-state index in [1.54, 1.807) is 0 Å². The van der Waals surface area contributed by atoms with Gasteiger partial charge in [-0.1, -0.05) is 31.5 Å². The number of para-hydroxylation sites is 1. The van der Waals surface area contributed by atoms with Gasteiger partial charge in [-0.15, -0.1) is 0 Å². The zero-order valence-corrected chi connectivity index (χ0v) is 11.2. The van der Waals surface area contributed by atoms with Gasteiger partial charge in [0.1, 0.15) is 0 Å². The first kappa shape index (κ1) is 12.8. The van der Waals surface area contributed by atoms with Gasteiger partial charge < -0.3 is 10.6 Å². The molecule has 0 bridgehead atoms. The maximum atomic E-state index is 5.84. The highest BCUT2D eigenvalue weighted by Crippen LogP contribution is 2.28. The quantitative estimate of drug-likeness (QED) is 0.878. The molecular formula is C15H21N3. The molecule has 3 nitrogen and oxygen atoms in total. The fourth-order valence-corrected chi connectivity index (χ4v) is 2.28. The number of pyridine rings is 1. The third-order valence-electron chi connectivity index (χ3n) is 3.27. The van der Waals surface area contributed by atoms with Crippen molar-refractivity contribution in [1.29, 1.82) is 0 Å². The van der Waals surface area contributed by atoms with Gasteiger partial charge in [0.15, 0.2) is 0 Å². The molecule has 1 aromatic heterocycles. The summed E-state index contributed by atoms with van der Waals surface area (Å²) in [5.41, 5.74) is 9.23. The molecule has 0 radical (unpaired) electrons. The number of aromatic nitrogens is 1. The molecule has 18 heavy (non-hydrogen) atoms. The maximum absolute atomic E-state index is 5.84. The summed E-state index contributed by atoms with van der Waals surface area (Å²) in [4.78, 5) is 6.77. The van der Waals surface area contributed by atoms with Gasteiger partial charge >= 0.3 is 0 Å². The average molecular weight is 243 g/mol. The molecule has 3 heteroatoms. The summed E-state index contributed by atoms with van der Waals surface area (Å²) < 4.78 is 0. The van der Waals surface area contributed by atoms with Gasteiger partial charge in [-0.2, -0.15) is 0 Å². The van der Waals surface area contributed by atoms with E-state index in [4.69, 9.17) is 5.73 Å². The van der Waals surface area contributed by atoms with Crippen LogP contribution in [0.5, 0.6) is 0 Å². The molecule has 1 heterocycles. The van der Waals surface area contributed by atoms with Crippen LogP contribution in [0.2, 0.25) is 0 Å². The second-order valence-corrected chi connectivity index (χ2v) is 4.63.